The number of hydrogen-bond acceptors (Lipinski definition) is 3. The highest BCUT2D eigenvalue weighted by Crippen LogP contribution is 2.37. The summed E-state index contributed by atoms with van der Waals surface area (Å²) in [7, 11) is 0. The number of halogens is 4. The number of hydrogen-bond donors (Lipinski definition) is 2. The van der Waals surface area contributed by atoms with E-state index in [2.05, 4.69) is 10.6 Å². The lowest BCUT2D eigenvalue weighted by Gasteiger charge is -2.26. The Kier molecular flexibility index (Phi) is 7.29. The highest BCUT2D eigenvalue weighted by Gasteiger charge is 2.51. The Morgan fingerprint density at radius 3 is 2.14 bits per heavy atom. The molecule has 0 spiro atoms. The summed E-state index contributed by atoms with van der Waals surface area (Å²) in [6.07, 6.45) is -1.97. The summed E-state index contributed by atoms with van der Waals surface area (Å²) < 4.78 is 39.3. The molecule has 2 N–H and O–H groups in total. The van der Waals surface area contributed by atoms with Gasteiger partial charge in [0, 0.05) is 28.2 Å². The summed E-state index contributed by atoms with van der Waals surface area (Å²) in [6, 6.07) is 9.60. The van der Waals surface area contributed by atoms with Gasteiger partial charge in [-0.15, -0.1) is 0 Å². The van der Waals surface area contributed by atoms with Crippen LogP contribution in [0.15, 0.2) is 42.5 Å². The lowest BCUT2D eigenvalue weighted by Crippen LogP contribution is -2.49. The summed E-state index contributed by atoms with van der Waals surface area (Å²) in [5.41, 5.74) is -1.14. The number of benzene rings is 2. The van der Waals surface area contributed by atoms with Crippen LogP contribution in [0.3, 0.4) is 0 Å². The molecule has 37 heavy (non-hydrogen) atoms. The standard InChI is InChI=1S/C27H29ClF3N3O3/c1-15-4-5-16(2)34(15)24(36)19-8-6-18(7-9-19)17(3)32-25(37)26(10-11-26)33-23(35)20-12-21(27(29,30)31)14-22(28)13-20/h6-9,12-17H,4-5,10-11H2,1-3H3,(H,32,37)(H,33,35)/t15?,16?,17-/m1/s1. The molecule has 198 valence electrons. The predicted molar refractivity (Wildman–Crippen MR) is 133 cm³/mol. The molecule has 1 aliphatic heterocycles. The van der Waals surface area contributed by atoms with Crippen molar-refractivity contribution in [1.82, 2.24) is 15.5 Å². The van der Waals surface area contributed by atoms with Gasteiger partial charge >= 0.3 is 6.18 Å². The minimum atomic E-state index is -4.66. The van der Waals surface area contributed by atoms with Crippen LogP contribution in [0, 0.1) is 0 Å². The number of carbonyl (C=O) groups is 3. The summed E-state index contributed by atoms with van der Waals surface area (Å²) in [5.74, 6) is -1.25. The average molecular weight is 536 g/mol. The van der Waals surface area contributed by atoms with Gasteiger partial charge in [0.05, 0.1) is 11.6 Å². The van der Waals surface area contributed by atoms with Crippen LogP contribution in [-0.2, 0) is 11.0 Å². The second kappa shape index (κ2) is 10.0. The molecule has 3 atom stereocenters. The van der Waals surface area contributed by atoms with E-state index in [1.54, 1.807) is 31.2 Å². The van der Waals surface area contributed by atoms with Crippen LogP contribution < -0.4 is 10.6 Å². The van der Waals surface area contributed by atoms with Crippen molar-refractivity contribution >= 4 is 29.3 Å². The van der Waals surface area contributed by atoms with Crippen LogP contribution >= 0.6 is 11.6 Å². The van der Waals surface area contributed by atoms with Gasteiger partial charge in [-0.25, -0.2) is 0 Å². The van der Waals surface area contributed by atoms with Crippen molar-refractivity contribution in [2.45, 2.75) is 76.3 Å². The second-order valence-electron chi connectivity index (χ2n) is 10.1. The van der Waals surface area contributed by atoms with Crippen molar-refractivity contribution in [3.63, 3.8) is 0 Å². The molecule has 1 heterocycles. The highest BCUT2D eigenvalue weighted by atomic mass is 35.5. The largest absolute Gasteiger partial charge is 0.416 e. The number of nitrogens with one attached hydrogen (secondary N) is 2. The maximum absolute atomic E-state index is 13.1. The Labute approximate surface area is 218 Å². The first kappa shape index (κ1) is 27.0. The van der Waals surface area contributed by atoms with Crippen LogP contribution in [0.5, 0.6) is 0 Å². The molecular weight excluding hydrogens is 507 g/mol. The van der Waals surface area contributed by atoms with Gasteiger partial charge in [0.15, 0.2) is 0 Å². The zero-order valence-corrected chi connectivity index (χ0v) is 21.5. The van der Waals surface area contributed by atoms with Gasteiger partial charge in [-0.3, -0.25) is 14.4 Å². The monoisotopic (exact) mass is 535 g/mol. The maximum atomic E-state index is 13.1. The predicted octanol–water partition coefficient (Wildman–Crippen LogP) is 5.51. The summed E-state index contributed by atoms with van der Waals surface area (Å²) in [4.78, 5) is 40.5. The lowest BCUT2D eigenvalue weighted by molar-refractivity contribution is -0.137. The van der Waals surface area contributed by atoms with E-state index in [1.807, 2.05) is 18.7 Å². The van der Waals surface area contributed by atoms with E-state index in [0.717, 1.165) is 30.5 Å². The molecule has 2 fully saturated rings. The van der Waals surface area contributed by atoms with Crippen molar-refractivity contribution in [2.24, 2.45) is 0 Å². The van der Waals surface area contributed by atoms with E-state index in [4.69, 9.17) is 11.6 Å². The molecule has 0 radical (unpaired) electrons. The molecular formula is C27H29ClF3N3O3. The fraction of sp³-hybridized carbons (Fsp3) is 0.444. The fourth-order valence-corrected chi connectivity index (χ4v) is 5.02. The molecule has 2 unspecified atom stereocenters. The van der Waals surface area contributed by atoms with Crippen molar-refractivity contribution in [3.05, 3.63) is 69.7 Å². The van der Waals surface area contributed by atoms with Crippen LogP contribution in [0.4, 0.5) is 13.2 Å². The number of alkyl halides is 3. The minimum absolute atomic E-state index is 0.0184. The Morgan fingerprint density at radius 1 is 1.00 bits per heavy atom. The molecule has 10 heteroatoms. The van der Waals surface area contributed by atoms with E-state index < -0.39 is 35.1 Å². The first-order chi connectivity index (χ1) is 17.3. The molecule has 6 nitrogen and oxygen atoms in total. The van der Waals surface area contributed by atoms with Gasteiger partial charge in [0.2, 0.25) is 5.91 Å². The third-order valence-corrected chi connectivity index (χ3v) is 7.43. The van der Waals surface area contributed by atoms with E-state index in [1.165, 1.54) is 0 Å². The van der Waals surface area contributed by atoms with Gasteiger partial charge in [0.25, 0.3) is 11.8 Å². The van der Waals surface area contributed by atoms with Crippen molar-refractivity contribution in [1.29, 1.82) is 0 Å². The van der Waals surface area contributed by atoms with Crippen molar-refractivity contribution < 1.29 is 27.6 Å². The quantitative estimate of drug-likeness (QED) is 0.512. The molecule has 2 aromatic rings. The number of carbonyl (C=O) groups excluding carboxylic acids is 3. The first-order valence-corrected chi connectivity index (χ1v) is 12.6. The molecule has 2 aromatic carbocycles. The Hall–Kier alpha value is -3.07. The SMILES string of the molecule is CC1CCC(C)N1C(=O)c1ccc([C@@H](C)NC(=O)C2(NC(=O)c3cc(Cl)cc(C(F)(F)F)c3)CC2)cc1. The topological polar surface area (TPSA) is 78.5 Å². The molecule has 1 saturated heterocycles. The van der Waals surface area contributed by atoms with Gasteiger partial charge in [-0.1, -0.05) is 23.7 Å². The molecule has 0 aromatic heterocycles. The average Bonchev–Trinajstić information content (AvgIpc) is 3.54. The number of rotatable bonds is 6. The maximum Gasteiger partial charge on any atom is 0.416 e. The summed E-state index contributed by atoms with van der Waals surface area (Å²) in [5, 5.41) is 5.22. The van der Waals surface area contributed by atoms with Gasteiger partial charge in [-0.05, 0) is 82.3 Å². The summed E-state index contributed by atoms with van der Waals surface area (Å²) >= 11 is 5.78. The molecule has 3 amide bonds. The second-order valence-corrected chi connectivity index (χ2v) is 10.5. The van der Waals surface area contributed by atoms with Crippen molar-refractivity contribution in [2.75, 3.05) is 0 Å². The van der Waals surface area contributed by atoms with Crippen LogP contribution in [-0.4, -0.2) is 40.2 Å². The Bertz CT molecular complexity index is 1200. The molecule has 4 rings (SSSR count). The Morgan fingerprint density at radius 2 is 1.59 bits per heavy atom. The highest BCUT2D eigenvalue weighted by molar-refractivity contribution is 6.31. The van der Waals surface area contributed by atoms with Gasteiger partial charge in [-0.2, -0.15) is 13.2 Å². The third kappa shape index (κ3) is 5.76. The zero-order chi connectivity index (χ0) is 27.1. The van der Waals surface area contributed by atoms with E-state index in [-0.39, 0.29) is 28.6 Å². The van der Waals surface area contributed by atoms with E-state index in [0.29, 0.717) is 24.5 Å². The summed E-state index contributed by atoms with van der Waals surface area (Å²) in [6.45, 7) is 5.87. The fourth-order valence-electron chi connectivity index (χ4n) is 4.78. The van der Waals surface area contributed by atoms with Gasteiger partial charge in [0.1, 0.15) is 5.54 Å². The number of nitrogens with zero attached hydrogens (tertiary/aromatic N) is 1. The zero-order valence-electron chi connectivity index (χ0n) is 20.8. The van der Waals surface area contributed by atoms with Gasteiger partial charge < -0.3 is 15.5 Å². The molecule has 0 bridgehead atoms. The minimum Gasteiger partial charge on any atom is -0.348 e. The Balaban J connectivity index is 1.40. The molecule has 1 aliphatic carbocycles. The van der Waals surface area contributed by atoms with E-state index in [9.17, 15) is 27.6 Å². The smallest absolute Gasteiger partial charge is 0.348 e. The number of amides is 3. The van der Waals surface area contributed by atoms with Crippen LogP contribution in [0.2, 0.25) is 5.02 Å². The lowest BCUT2D eigenvalue weighted by atomic mass is 10.0. The molecule has 1 saturated carbocycles. The van der Waals surface area contributed by atoms with Crippen molar-refractivity contribution in [3.8, 4) is 0 Å². The normalized spacial score (nSPS) is 21.3. The van der Waals surface area contributed by atoms with Crippen LogP contribution in [0.25, 0.3) is 0 Å². The first-order valence-electron chi connectivity index (χ1n) is 12.2. The van der Waals surface area contributed by atoms with Crippen LogP contribution in [0.1, 0.15) is 84.3 Å². The third-order valence-electron chi connectivity index (χ3n) is 7.22. The van der Waals surface area contributed by atoms with E-state index >= 15 is 0 Å². The molecule has 2 aliphatic rings. The number of likely N-dealkylation sites (tertiary alicyclic amines) is 1.